The van der Waals surface area contributed by atoms with Gasteiger partial charge in [-0.15, -0.1) is 0 Å². The standard InChI is InChI=1S/C24H24N6O2/c1-16-21(17(2)30(27-16)19-11-7-4-8-12-19)22-24(31)25-13-14-29(22)15-20-26-23(28-32-20)18-9-5-3-6-10-18/h3-12,22H,13-15H2,1-2H3,(H,25,31)/t22-/m1/s1. The summed E-state index contributed by atoms with van der Waals surface area (Å²) in [4.78, 5) is 19.6. The lowest BCUT2D eigenvalue weighted by molar-refractivity contribution is -0.129. The second kappa shape index (κ2) is 8.39. The van der Waals surface area contributed by atoms with Crippen LogP contribution in [0, 0.1) is 13.8 Å². The van der Waals surface area contributed by atoms with Crippen LogP contribution < -0.4 is 5.32 Å². The number of rotatable bonds is 5. The number of piperazine rings is 1. The molecule has 1 aliphatic heterocycles. The van der Waals surface area contributed by atoms with Gasteiger partial charge < -0.3 is 9.84 Å². The lowest BCUT2D eigenvalue weighted by Crippen LogP contribution is -2.49. The first kappa shape index (κ1) is 20.1. The van der Waals surface area contributed by atoms with Gasteiger partial charge in [0.25, 0.3) is 0 Å². The van der Waals surface area contributed by atoms with Crippen molar-refractivity contribution in [2.75, 3.05) is 13.1 Å². The molecule has 1 atom stereocenters. The van der Waals surface area contributed by atoms with Gasteiger partial charge in [0, 0.05) is 29.9 Å². The van der Waals surface area contributed by atoms with Gasteiger partial charge in [0.05, 0.1) is 17.9 Å². The smallest absolute Gasteiger partial charge is 0.242 e. The number of carbonyl (C=O) groups is 1. The molecule has 1 N–H and O–H groups in total. The maximum absolute atomic E-state index is 13.0. The van der Waals surface area contributed by atoms with Crippen molar-refractivity contribution in [3.8, 4) is 17.1 Å². The largest absolute Gasteiger partial charge is 0.353 e. The molecule has 0 saturated carbocycles. The van der Waals surface area contributed by atoms with E-state index in [0.29, 0.717) is 31.3 Å². The molecule has 0 spiro atoms. The summed E-state index contributed by atoms with van der Waals surface area (Å²) in [6, 6.07) is 19.2. The van der Waals surface area contributed by atoms with E-state index in [2.05, 4.69) is 20.4 Å². The maximum atomic E-state index is 13.0. The SMILES string of the molecule is Cc1nn(-c2ccccc2)c(C)c1[C@@H]1C(=O)NCCN1Cc1nc(-c2ccccc2)no1. The maximum Gasteiger partial charge on any atom is 0.242 e. The van der Waals surface area contributed by atoms with E-state index in [1.807, 2.05) is 79.2 Å². The Balaban J connectivity index is 1.46. The minimum atomic E-state index is -0.478. The summed E-state index contributed by atoms with van der Waals surface area (Å²) >= 11 is 0. The summed E-state index contributed by atoms with van der Waals surface area (Å²) in [7, 11) is 0. The van der Waals surface area contributed by atoms with E-state index in [1.54, 1.807) is 0 Å². The highest BCUT2D eigenvalue weighted by molar-refractivity contribution is 5.84. The van der Waals surface area contributed by atoms with Crippen molar-refractivity contribution in [2.24, 2.45) is 0 Å². The Bertz CT molecular complexity index is 1230. The van der Waals surface area contributed by atoms with Crippen molar-refractivity contribution in [1.29, 1.82) is 0 Å². The van der Waals surface area contributed by atoms with E-state index in [1.165, 1.54) is 0 Å². The Hall–Kier alpha value is -3.78. The van der Waals surface area contributed by atoms with Crippen molar-refractivity contribution in [1.82, 2.24) is 30.1 Å². The van der Waals surface area contributed by atoms with Crippen LogP contribution in [0.3, 0.4) is 0 Å². The van der Waals surface area contributed by atoms with E-state index < -0.39 is 6.04 Å². The van der Waals surface area contributed by atoms with Crippen molar-refractivity contribution >= 4 is 5.91 Å². The Morgan fingerprint density at radius 1 is 1.06 bits per heavy atom. The van der Waals surface area contributed by atoms with Crippen LogP contribution in [0.15, 0.2) is 65.2 Å². The molecule has 5 rings (SSSR count). The molecule has 2 aromatic carbocycles. The van der Waals surface area contributed by atoms with Crippen LogP contribution in [0.5, 0.6) is 0 Å². The summed E-state index contributed by atoms with van der Waals surface area (Å²) in [6.45, 7) is 5.58. The van der Waals surface area contributed by atoms with Crippen molar-refractivity contribution in [2.45, 2.75) is 26.4 Å². The fourth-order valence-corrected chi connectivity index (χ4v) is 4.27. The van der Waals surface area contributed by atoms with Crippen molar-refractivity contribution in [3.63, 3.8) is 0 Å². The predicted octanol–water partition coefficient (Wildman–Crippen LogP) is 3.21. The van der Waals surface area contributed by atoms with Gasteiger partial charge in [0.15, 0.2) is 0 Å². The number of nitrogens with zero attached hydrogens (tertiary/aromatic N) is 5. The van der Waals surface area contributed by atoms with Gasteiger partial charge in [-0.3, -0.25) is 9.69 Å². The summed E-state index contributed by atoms with van der Waals surface area (Å²) < 4.78 is 7.41. The number of amides is 1. The lowest BCUT2D eigenvalue weighted by atomic mass is 10.00. The molecular weight excluding hydrogens is 404 g/mol. The number of hydrogen-bond donors (Lipinski definition) is 1. The zero-order valence-corrected chi connectivity index (χ0v) is 18.0. The normalized spacial score (nSPS) is 16.8. The minimum Gasteiger partial charge on any atom is -0.353 e. The molecule has 1 fully saturated rings. The fourth-order valence-electron chi connectivity index (χ4n) is 4.27. The van der Waals surface area contributed by atoms with Crippen LogP contribution in [0.4, 0.5) is 0 Å². The van der Waals surface area contributed by atoms with Gasteiger partial charge in [-0.05, 0) is 26.0 Å². The molecule has 0 aliphatic carbocycles. The number of para-hydroxylation sites is 1. The molecule has 8 heteroatoms. The van der Waals surface area contributed by atoms with Gasteiger partial charge in [-0.25, -0.2) is 4.68 Å². The Morgan fingerprint density at radius 2 is 1.78 bits per heavy atom. The zero-order valence-electron chi connectivity index (χ0n) is 18.0. The second-order valence-corrected chi connectivity index (χ2v) is 7.87. The quantitative estimate of drug-likeness (QED) is 0.525. The third-order valence-corrected chi connectivity index (χ3v) is 5.77. The van der Waals surface area contributed by atoms with Gasteiger partial charge in [-0.2, -0.15) is 10.1 Å². The van der Waals surface area contributed by atoms with Crippen LogP contribution in [0.1, 0.15) is 28.9 Å². The molecule has 1 aliphatic rings. The topological polar surface area (TPSA) is 89.1 Å². The van der Waals surface area contributed by atoms with Crippen LogP contribution in [-0.2, 0) is 11.3 Å². The number of aromatic nitrogens is 4. The first-order chi connectivity index (χ1) is 15.6. The lowest BCUT2D eigenvalue weighted by Gasteiger charge is -2.34. The number of benzene rings is 2. The van der Waals surface area contributed by atoms with Crippen molar-refractivity contribution in [3.05, 3.63) is 83.5 Å². The van der Waals surface area contributed by atoms with Crippen LogP contribution >= 0.6 is 0 Å². The van der Waals surface area contributed by atoms with E-state index in [0.717, 1.165) is 28.2 Å². The molecule has 0 bridgehead atoms. The molecule has 0 unspecified atom stereocenters. The molecule has 1 saturated heterocycles. The summed E-state index contributed by atoms with van der Waals surface area (Å²) in [6.07, 6.45) is 0. The van der Waals surface area contributed by atoms with E-state index in [9.17, 15) is 4.79 Å². The average molecular weight is 428 g/mol. The molecule has 3 heterocycles. The highest BCUT2D eigenvalue weighted by Gasteiger charge is 2.36. The Labute approximate surface area is 185 Å². The number of carbonyl (C=O) groups excluding carboxylic acids is 1. The third kappa shape index (κ3) is 3.69. The summed E-state index contributed by atoms with van der Waals surface area (Å²) in [5.41, 5.74) is 4.54. The number of aryl methyl sites for hydroxylation is 1. The number of nitrogens with one attached hydrogen (secondary N) is 1. The van der Waals surface area contributed by atoms with Crippen LogP contribution in [0.2, 0.25) is 0 Å². The van der Waals surface area contributed by atoms with Crippen LogP contribution in [0.25, 0.3) is 17.1 Å². The first-order valence-corrected chi connectivity index (χ1v) is 10.6. The molecule has 162 valence electrons. The average Bonchev–Trinajstić information content (AvgIpc) is 3.40. The second-order valence-electron chi connectivity index (χ2n) is 7.87. The highest BCUT2D eigenvalue weighted by Crippen LogP contribution is 2.31. The van der Waals surface area contributed by atoms with E-state index in [4.69, 9.17) is 9.62 Å². The van der Waals surface area contributed by atoms with Gasteiger partial charge in [0.1, 0.15) is 6.04 Å². The van der Waals surface area contributed by atoms with Gasteiger partial charge in [0.2, 0.25) is 17.6 Å². The summed E-state index contributed by atoms with van der Waals surface area (Å²) in [5, 5.41) is 11.8. The Morgan fingerprint density at radius 3 is 2.53 bits per heavy atom. The predicted molar refractivity (Wildman–Crippen MR) is 119 cm³/mol. The van der Waals surface area contributed by atoms with Gasteiger partial charge >= 0.3 is 0 Å². The van der Waals surface area contributed by atoms with E-state index in [-0.39, 0.29) is 5.91 Å². The molecule has 0 radical (unpaired) electrons. The van der Waals surface area contributed by atoms with Crippen LogP contribution in [-0.4, -0.2) is 43.8 Å². The molecular formula is C24H24N6O2. The third-order valence-electron chi connectivity index (χ3n) is 5.77. The molecule has 8 nitrogen and oxygen atoms in total. The number of hydrogen-bond acceptors (Lipinski definition) is 6. The fraction of sp³-hybridized carbons (Fsp3) is 0.250. The monoisotopic (exact) mass is 428 g/mol. The molecule has 1 amide bonds. The molecule has 4 aromatic rings. The minimum absolute atomic E-state index is 0.0436. The highest BCUT2D eigenvalue weighted by atomic mass is 16.5. The van der Waals surface area contributed by atoms with E-state index >= 15 is 0 Å². The van der Waals surface area contributed by atoms with Crippen molar-refractivity contribution < 1.29 is 9.32 Å². The molecule has 32 heavy (non-hydrogen) atoms. The zero-order chi connectivity index (χ0) is 22.1. The molecule has 2 aromatic heterocycles. The summed E-state index contributed by atoms with van der Waals surface area (Å²) in [5.74, 6) is 0.982. The van der Waals surface area contributed by atoms with Gasteiger partial charge in [-0.1, -0.05) is 53.7 Å². The first-order valence-electron chi connectivity index (χ1n) is 10.6. The Kier molecular flexibility index (Phi) is 5.28.